The minimum Gasteiger partial charge on any atom is -0.472 e. The number of hydrogen-bond donors (Lipinski definition) is 4. The Kier molecular flexibility index (Phi) is 6.89. The highest BCUT2D eigenvalue weighted by Crippen LogP contribution is 2.17. The lowest BCUT2D eigenvalue weighted by Gasteiger charge is -2.32. The first-order valence-electron chi connectivity index (χ1n) is 10.7. The van der Waals surface area contributed by atoms with E-state index in [4.69, 9.17) is 4.42 Å². The molecule has 0 bridgehead atoms. The van der Waals surface area contributed by atoms with E-state index in [9.17, 15) is 14.4 Å². The van der Waals surface area contributed by atoms with Crippen LogP contribution in [0, 0.1) is 0 Å². The number of para-hydroxylation sites is 1. The molecule has 1 aromatic heterocycles. The number of furan rings is 1. The number of nitrogens with zero attached hydrogens (tertiary/aromatic N) is 1. The number of hydrogen-bond acceptors (Lipinski definition) is 4. The van der Waals surface area contributed by atoms with Crippen LogP contribution < -0.4 is 21.3 Å². The Balaban J connectivity index is 1.23. The summed E-state index contributed by atoms with van der Waals surface area (Å²) in [6.07, 6.45) is 4.25. The summed E-state index contributed by atoms with van der Waals surface area (Å²) in [5, 5.41) is 11.2. The molecule has 1 aliphatic rings. The number of nitrogens with one attached hydrogen (secondary N) is 4. The lowest BCUT2D eigenvalue weighted by atomic mass is 10.0. The second-order valence-electron chi connectivity index (χ2n) is 7.70. The maximum atomic E-state index is 12.4. The van der Waals surface area contributed by atoms with Crippen LogP contribution in [-0.4, -0.2) is 42.0 Å². The minimum absolute atomic E-state index is 0.0312. The molecule has 0 saturated carbocycles. The second-order valence-corrected chi connectivity index (χ2v) is 7.70. The standard InChI is InChI=1S/C24H25N5O4/c30-22(17-11-14-33-16-17)29-12-9-19(10-13-29)26-24(32)28-21-8-4-7-20(15-21)27-23(31)25-18-5-2-1-3-6-18/h1-8,11,14-16,19H,9-10,12-13H2,(H2,25,27,31)(H2,26,28,32). The predicted molar refractivity (Wildman–Crippen MR) is 125 cm³/mol. The molecule has 2 aromatic carbocycles. The summed E-state index contributed by atoms with van der Waals surface area (Å²) >= 11 is 0. The van der Waals surface area contributed by atoms with Crippen molar-refractivity contribution in [2.45, 2.75) is 18.9 Å². The molecule has 1 aliphatic heterocycles. The van der Waals surface area contributed by atoms with Gasteiger partial charge in [0.1, 0.15) is 6.26 Å². The highest BCUT2D eigenvalue weighted by Gasteiger charge is 2.25. The summed E-state index contributed by atoms with van der Waals surface area (Å²) in [6, 6.07) is 16.9. The third kappa shape index (κ3) is 6.13. The maximum Gasteiger partial charge on any atom is 0.323 e. The van der Waals surface area contributed by atoms with Crippen LogP contribution in [0.15, 0.2) is 77.6 Å². The molecule has 3 aromatic rings. The van der Waals surface area contributed by atoms with Gasteiger partial charge in [0.25, 0.3) is 5.91 Å². The molecule has 0 aliphatic carbocycles. The SMILES string of the molecule is O=C(Nc1ccccc1)Nc1cccc(NC(=O)NC2CCN(C(=O)c3ccoc3)CC2)c1. The van der Waals surface area contributed by atoms with Crippen molar-refractivity contribution in [2.24, 2.45) is 0 Å². The van der Waals surface area contributed by atoms with Gasteiger partial charge < -0.3 is 30.6 Å². The van der Waals surface area contributed by atoms with Crippen molar-refractivity contribution in [3.05, 3.63) is 78.8 Å². The van der Waals surface area contributed by atoms with E-state index in [0.29, 0.717) is 48.6 Å². The Labute approximate surface area is 191 Å². The molecule has 9 heteroatoms. The predicted octanol–water partition coefficient (Wildman–Crippen LogP) is 4.35. The van der Waals surface area contributed by atoms with Crippen LogP contribution in [0.1, 0.15) is 23.2 Å². The van der Waals surface area contributed by atoms with Gasteiger partial charge in [0, 0.05) is 36.2 Å². The fraction of sp³-hybridized carbons (Fsp3) is 0.208. The normalized spacial score (nSPS) is 13.8. The van der Waals surface area contributed by atoms with E-state index in [1.54, 1.807) is 47.4 Å². The van der Waals surface area contributed by atoms with Crippen molar-refractivity contribution >= 4 is 35.0 Å². The molecule has 170 valence electrons. The molecule has 2 heterocycles. The lowest BCUT2D eigenvalue weighted by molar-refractivity contribution is 0.0708. The highest BCUT2D eigenvalue weighted by molar-refractivity contribution is 6.00. The Morgan fingerprint density at radius 1 is 0.788 bits per heavy atom. The third-order valence-electron chi connectivity index (χ3n) is 5.30. The van der Waals surface area contributed by atoms with Gasteiger partial charge in [0.05, 0.1) is 11.8 Å². The Bertz CT molecular complexity index is 1090. The number of anilines is 3. The van der Waals surface area contributed by atoms with E-state index >= 15 is 0 Å². The first-order valence-corrected chi connectivity index (χ1v) is 10.7. The van der Waals surface area contributed by atoms with E-state index in [-0.39, 0.29) is 24.0 Å². The molecule has 4 N–H and O–H groups in total. The van der Waals surface area contributed by atoms with E-state index in [0.717, 1.165) is 0 Å². The van der Waals surface area contributed by atoms with Crippen molar-refractivity contribution in [1.29, 1.82) is 0 Å². The summed E-state index contributed by atoms with van der Waals surface area (Å²) in [6.45, 7) is 1.12. The Morgan fingerprint density at radius 3 is 2.09 bits per heavy atom. The quantitative estimate of drug-likeness (QED) is 0.465. The van der Waals surface area contributed by atoms with Gasteiger partial charge in [-0.1, -0.05) is 24.3 Å². The molecule has 0 radical (unpaired) electrons. The third-order valence-corrected chi connectivity index (χ3v) is 5.30. The van der Waals surface area contributed by atoms with Crippen molar-refractivity contribution in [3.8, 4) is 0 Å². The number of amides is 5. The molecule has 1 saturated heterocycles. The molecule has 0 spiro atoms. The van der Waals surface area contributed by atoms with Crippen molar-refractivity contribution in [3.63, 3.8) is 0 Å². The van der Waals surface area contributed by atoms with Crippen LogP contribution in [0.25, 0.3) is 0 Å². The lowest BCUT2D eigenvalue weighted by Crippen LogP contribution is -2.47. The monoisotopic (exact) mass is 447 g/mol. The van der Waals surface area contributed by atoms with Crippen molar-refractivity contribution in [1.82, 2.24) is 10.2 Å². The van der Waals surface area contributed by atoms with Crippen LogP contribution in [0.3, 0.4) is 0 Å². The second kappa shape index (κ2) is 10.4. The number of urea groups is 2. The van der Waals surface area contributed by atoms with Crippen LogP contribution in [0.2, 0.25) is 0 Å². The fourth-order valence-corrected chi connectivity index (χ4v) is 3.64. The van der Waals surface area contributed by atoms with Crippen LogP contribution in [-0.2, 0) is 0 Å². The van der Waals surface area contributed by atoms with E-state index in [2.05, 4.69) is 21.3 Å². The van der Waals surface area contributed by atoms with Gasteiger partial charge in [0.15, 0.2) is 0 Å². The smallest absolute Gasteiger partial charge is 0.323 e. The fourth-order valence-electron chi connectivity index (χ4n) is 3.64. The number of carbonyl (C=O) groups is 3. The molecule has 5 amide bonds. The van der Waals surface area contributed by atoms with Gasteiger partial charge in [-0.15, -0.1) is 0 Å². The van der Waals surface area contributed by atoms with Gasteiger partial charge >= 0.3 is 12.1 Å². The van der Waals surface area contributed by atoms with Gasteiger partial charge in [-0.3, -0.25) is 4.79 Å². The summed E-state index contributed by atoms with van der Waals surface area (Å²) in [4.78, 5) is 38.7. The number of benzene rings is 2. The van der Waals surface area contributed by atoms with Crippen molar-refractivity contribution < 1.29 is 18.8 Å². The molecular formula is C24H25N5O4. The average molecular weight is 447 g/mol. The zero-order chi connectivity index (χ0) is 23.0. The summed E-state index contributed by atoms with van der Waals surface area (Å²) in [5.41, 5.74) is 2.32. The molecule has 0 atom stereocenters. The van der Waals surface area contributed by atoms with Gasteiger partial charge in [-0.05, 0) is 49.2 Å². The van der Waals surface area contributed by atoms with E-state index in [1.807, 2.05) is 18.2 Å². The molecule has 0 unspecified atom stereocenters. The Morgan fingerprint density at radius 2 is 1.42 bits per heavy atom. The van der Waals surface area contributed by atoms with Crippen LogP contribution in [0.5, 0.6) is 0 Å². The number of rotatable bonds is 5. The zero-order valence-corrected chi connectivity index (χ0v) is 17.9. The van der Waals surface area contributed by atoms with E-state index in [1.165, 1.54) is 12.5 Å². The summed E-state index contributed by atoms with van der Waals surface area (Å²) in [7, 11) is 0. The highest BCUT2D eigenvalue weighted by atomic mass is 16.3. The number of carbonyl (C=O) groups excluding carboxylic acids is 3. The van der Waals surface area contributed by atoms with Crippen LogP contribution in [0.4, 0.5) is 26.7 Å². The molecule has 4 rings (SSSR count). The summed E-state index contributed by atoms with van der Waals surface area (Å²) in [5.74, 6) is -0.0627. The first-order chi connectivity index (χ1) is 16.1. The maximum absolute atomic E-state index is 12.4. The largest absolute Gasteiger partial charge is 0.472 e. The molecule has 9 nitrogen and oxygen atoms in total. The molecular weight excluding hydrogens is 422 g/mol. The van der Waals surface area contributed by atoms with Crippen LogP contribution >= 0.6 is 0 Å². The number of piperidine rings is 1. The minimum atomic E-state index is -0.375. The molecule has 33 heavy (non-hydrogen) atoms. The van der Waals surface area contributed by atoms with Crippen molar-refractivity contribution in [2.75, 3.05) is 29.0 Å². The topological polar surface area (TPSA) is 116 Å². The van der Waals surface area contributed by atoms with Gasteiger partial charge in [0.2, 0.25) is 0 Å². The van der Waals surface area contributed by atoms with E-state index < -0.39 is 0 Å². The Hall–Kier alpha value is -4.27. The van der Waals surface area contributed by atoms with Gasteiger partial charge in [-0.25, -0.2) is 9.59 Å². The number of likely N-dealkylation sites (tertiary alicyclic amines) is 1. The first kappa shape index (κ1) is 21.9. The zero-order valence-electron chi connectivity index (χ0n) is 17.9. The summed E-state index contributed by atoms with van der Waals surface area (Å²) < 4.78 is 4.97. The molecule has 1 fully saturated rings. The van der Waals surface area contributed by atoms with Gasteiger partial charge in [-0.2, -0.15) is 0 Å². The average Bonchev–Trinajstić information content (AvgIpc) is 3.35.